The molecule has 1 aliphatic heterocycles. The summed E-state index contributed by atoms with van der Waals surface area (Å²) in [4.78, 5) is 65.1. The predicted molar refractivity (Wildman–Crippen MR) is 141 cm³/mol. The lowest BCUT2D eigenvalue weighted by molar-refractivity contribution is -0.208. The van der Waals surface area contributed by atoms with Gasteiger partial charge in [0.2, 0.25) is 0 Å². The molecule has 9 heteroatoms. The van der Waals surface area contributed by atoms with Crippen molar-refractivity contribution in [2.24, 2.45) is 5.41 Å². The van der Waals surface area contributed by atoms with Crippen LogP contribution >= 0.6 is 0 Å². The van der Waals surface area contributed by atoms with E-state index in [-0.39, 0.29) is 32.1 Å². The topological polar surface area (TPSA) is 138 Å². The number of hydrogen-bond donors (Lipinski definition) is 2. The van der Waals surface area contributed by atoms with E-state index in [1.165, 1.54) is 0 Å². The Labute approximate surface area is 226 Å². The lowest BCUT2D eigenvalue weighted by Gasteiger charge is -2.28. The minimum atomic E-state index is -1.80. The van der Waals surface area contributed by atoms with E-state index in [0.29, 0.717) is 24.3 Å². The van der Waals surface area contributed by atoms with Crippen molar-refractivity contribution < 1.29 is 39.0 Å². The highest BCUT2D eigenvalue weighted by atomic mass is 16.7. The Morgan fingerprint density at radius 2 is 1.16 bits per heavy atom. The molecule has 1 atom stereocenters. The van der Waals surface area contributed by atoms with E-state index in [1.54, 1.807) is 0 Å². The third-order valence-corrected chi connectivity index (χ3v) is 7.15. The van der Waals surface area contributed by atoms with Crippen LogP contribution in [0.15, 0.2) is 0 Å². The molecule has 2 N–H and O–H groups in total. The number of aliphatic carboxylic acids is 2. The number of imide groups is 1. The molecule has 0 unspecified atom stereocenters. The first-order valence-corrected chi connectivity index (χ1v) is 14.2. The molecule has 1 heterocycles. The highest BCUT2D eigenvalue weighted by molar-refractivity contribution is 6.04. The maximum absolute atomic E-state index is 13.1. The highest BCUT2D eigenvalue weighted by Crippen LogP contribution is 2.35. The van der Waals surface area contributed by atoms with Crippen molar-refractivity contribution >= 4 is 29.7 Å². The molecule has 214 valence electrons. The normalized spacial score (nSPS) is 14.8. The smallest absolute Gasteiger partial charge is 0.350 e. The van der Waals surface area contributed by atoms with Crippen LogP contribution in [-0.4, -0.2) is 45.0 Å². The van der Waals surface area contributed by atoms with Crippen LogP contribution in [0, 0.1) is 17.8 Å². The van der Waals surface area contributed by atoms with E-state index in [4.69, 9.17) is 16.4 Å². The van der Waals surface area contributed by atoms with Gasteiger partial charge < -0.3 is 15.1 Å². The summed E-state index contributed by atoms with van der Waals surface area (Å²) in [5.74, 6) is -1.73. The average Bonchev–Trinajstić information content (AvgIpc) is 3.19. The lowest BCUT2D eigenvalue weighted by Crippen LogP contribution is -2.45. The molecule has 0 aromatic heterocycles. The van der Waals surface area contributed by atoms with Gasteiger partial charge in [-0.15, -0.1) is 17.4 Å². The summed E-state index contributed by atoms with van der Waals surface area (Å²) in [6, 6.07) is 0. The van der Waals surface area contributed by atoms with Crippen LogP contribution in [0.4, 0.5) is 0 Å². The van der Waals surface area contributed by atoms with Crippen molar-refractivity contribution in [3.8, 4) is 12.3 Å². The Kier molecular flexibility index (Phi) is 16.8. The molecule has 0 spiro atoms. The first kappa shape index (κ1) is 33.1. The number of rotatable bonds is 23. The Morgan fingerprint density at radius 3 is 1.58 bits per heavy atom. The first-order valence-electron chi connectivity index (χ1n) is 14.2. The molecule has 38 heavy (non-hydrogen) atoms. The molecule has 0 aromatic carbocycles. The molecule has 1 fully saturated rings. The second-order valence-corrected chi connectivity index (χ2v) is 10.2. The summed E-state index contributed by atoms with van der Waals surface area (Å²) in [7, 11) is 0. The van der Waals surface area contributed by atoms with Crippen molar-refractivity contribution in [3.63, 3.8) is 0 Å². The molecule has 0 saturated carbocycles. The Balaban J connectivity index is 2.59. The van der Waals surface area contributed by atoms with Crippen LogP contribution < -0.4 is 0 Å². The summed E-state index contributed by atoms with van der Waals surface area (Å²) in [6.07, 6.45) is 19.3. The second kappa shape index (κ2) is 19.2. The van der Waals surface area contributed by atoms with Crippen molar-refractivity contribution in [3.05, 3.63) is 0 Å². The average molecular weight is 536 g/mol. The quantitative estimate of drug-likeness (QED) is 0.0725. The van der Waals surface area contributed by atoms with E-state index in [1.807, 2.05) is 0 Å². The number of carbonyl (C=O) groups is 5. The van der Waals surface area contributed by atoms with Gasteiger partial charge in [-0.3, -0.25) is 19.2 Å². The number of hydrogen-bond acceptors (Lipinski definition) is 6. The Hall–Kier alpha value is -2.89. The van der Waals surface area contributed by atoms with E-state index in [2.05, 4.69) is 5.92 Å². The SMILES string of the molecule is C#CCCCCCCCCC[C@@](CCCCCCCCCCC(=O)O)(C(=O)O)C(=O)ON1C(=O)CCC1=O. The largest absolute Gasteiger partial charge is 0.481 e. The zero-order chi connectivity index (χ0) is 28.2. The minimum Gasteiger partial charge on any atom is -0.481 e. The fourth-order valence-electron chi connectivity index (χ4n) is 4.76. The molecule has 0 aliphatic carbocycles. The summed E-state index contributed by atoms with van der Waals surface area (Å²) in [5.41, 5.74) is -1.80. The van der Waals surface area contributed by atoms with Crippen LogP contribution in [-0.2, 0) is 28.8 Å². The summed E-state index contributed by atoms with van der Waals surface area (Å²) >= 11 is 0. The lowest BCUT2D eigenvalue weighted by atomic mass is 9.77. The molecule has 0 radical (unpaired) electrons. The molecule has 9 nitrogen and oxygen atoms in total. The maximum Gasteiger partial charge on any atom is 0.350 e. The van der Waals surface area contributed by atoms with Crippen LogP contribution in [0.25, 0.3) is 0 Å². The van der Waals surface area contributed by atoms with Gasteiger partial charge in [-0.05, 0) is 25.7 Å². The number of unbranched alkanes of at least 4 members (excludes halogenated alkanes) is 14. The number of hydroxylamine groups is 2. The van der Waals surface area contributed by atoms with Crippen molar-refractivity contribution in [2.45, 2.75) is 135 Å². The minimum absolute atomic E-state index is 0.0518. The van der Waals surface area contributed by atoms with E-state index in [0.717, 1.165) is 83.5 Å². The number of amides is 2. The molecular weight excluding hydrogens is 490 g/mol. The number of nitrogens with zero attached hydrogens (tertiary/aromatic N) is 1. The van der Waals surface area contributed by atoms with Gasteiger partial charge in [0.25, 0.3) is 11.8 Å². The van der Waals surface area contributed by atoms with Crippen LogP contribution in [0.2, 0.25) is 0 Å². The fraction of sp³-hybridized carbons (Fsp3) is 0.759. The predicted octanol–water partition coefficient (Wildman–Crippen LogP) is 5.79. The third kappa shape index (κ3) is 12.6. The zero-order valence-corrected chi connectivity index (χ0v) is 22.7. The third-order valence-electron chi connectivity index (χ3n) is 7.15. The number of carboxylic acids is 2. The van der Waals surface area contributed by atoms with Gasteiger partial charge in [0.05, 0.1) is 0 Å². The van der Waals surface area contributed by atoms with E-state index < -0.39 is 35.1 Å². The number of carbonyl (C=O) groups excluding carboxylic acids is 3. The Bertz CT molecular complexity index is 802. The van der Waals surface area contributed by atoms with Crippen molar-refractivity contribution in [1.82, 2.24) is 5.06 Å². The second-order valence-electron chi connectivity index (χ2n) is 10.2. The van der Waals surface area contributed by atoms with Gasteiger partial charge in [0.1, 0.15) is 0 Å². The molecule has 2 amide bonds. The van der Waals surface area contributed by atoms with Crippen LogP contribution in [0.5, 0.6) is 0 Å². The van der Waals surface area contributed by atoms with Gasteiger partial charge in [0, 0.05) is 25.7 Å². The van der Waals surface area contributed by atoms with Gasteiger partial charge >= 0.3 is 17.9 Å². The standard InChI is InChI=1S/C29H45NO8/c1-2-3-4-5-6-8-11-14-17-22-29(27(35)36,28(37)38-30-24(31)20-21-25(30)32)23-18-15-12-9-7-10-13-16-19-26(33)34/h1H,3-23H2,(H,33,34)(H,35,36)/t29-/m1/s1. The number of terminal acetylenes is 1. The first-order chi connectivity index (χ1) is 18.2. The van der Waals surface area contributed by atoms with Gasteiger partial charge in [-0.2, -0.15) is 0 Å². The maximum atomic E-state index is 13.1. The molecular formula is C29H45NO8. The van der Waals surface area contributed by atoms with Crippen molar-refractivity contribution in [2.75, 3.05) is 0 Å². The van der Waals surface area contributed by atoms with Crippen molar-refractivity contribution in [1.29, 1.82) is 0 Å². The zero-order valence-electron chi connectivity index (χ0n) is 22.7. The van der Waals surface area contributed by atoms with Gasteiger partial charge in [-0.1, -0.05) is 83.5 Å². The summed E-state index contributed by atoms with van der Waals surface area (Å²) in [6.45, 7) is 0. The molecule has 1 rings (SSSR count). The monoisotopic (exact) mass is 535 g/mol. The van der Waals surface area contributed by atoms with Crippen LogP contribution in [0.3, 0.4) is 0 Å². The van der Waals surface area contributed by atoms with E-state index in [9.17, 15) is 29.1 Å². The molecule has 0 aromatic rings. The number of carboxylic acid groups (broad SMARTS) is 2. The van der Waals surface area contributed by atoms with Crippen LogP contribution in [0.1, 0.15) is 135 Å². The highest BCUT2D eigenvalue weighted by Gasteiger charge is 2.49. The summed E-state index contributed by atoms with van der Waals surface area (Å²) < 4.78 is 0. The van der Waals surface area contributed by atoms with E-state index >= 15 is 0 Å². The van der Waals surface area contributed by atoms with Gasteiger partial charge in [-0.25, -0.2) is 4.79 Å². The molecule has 1 saturated heterocycles. The van der Waals surface area contributed by atoms with Gasteiger partial charge in [0.15, 0.2) is 5.41 Å². The Morgan fingerprint density at radius 1 is 0.737 bits per heavy atom. The molecule has 1 aliphatic rings. The molecule has 0 bridgehead atoms. The fourth-order valence-corrected chi connectivity index (χ4v) is 4.76. The summed E-state index contributed by atoms with van der Waals surface area (Å²) in [5, 5.41) is 19.2.